The van der Waals surface area contributed by atoms with Crippen molar-refractivity contribution in [3.63, 3.8) is 0 Å². The molecular formula is C44H79O11P. The van der Waals surface area contributed by atoms with E-state index in [2.05, 4.69) is 25.3 Å². The first-order valence-electron chi connectivity index (χ1n) is 22.1. The molecule has 0 spiro atoms. The molecule has 1 rings (SSSR count). The van der Waals surface area contributed by atoms with E-state index in [4.69, 9.17) is 19.3 Å². The van der Waals surface area contributed by atoms with E-state index < -0.39 is 50.6 Å². The average molecular weight is 815 g/mol. The van der Waals surface area contributed by atoms with Crippen LogP contribution in [-0.4, -0.2) is 69.2 Å². The molecule has 0 aliphatic heterocycles. The number of carbonyl (C=O) groups is 3. The minimum atomic E-state index is -4.83. The van der Waals surface area contributed by atoms with Gasteiger partial charge in [-0.25, -0.2) is 4.57 Å². The average Bonchev–Trinajstić information content (AvgIpc) is 3.41. The largest absolute Gasteiger partial charge is 0.469 e. The fraction of sp³-hybridized carbons (Fsp3) is 0.841. The zero-order valence-electron chi connectivity index (χ0n) is 35.2. The zero-order chi connectivity index (χ0) is 41.4. The molecule has 0 saturated heterocycles. The van der Waals surface area contributed by atoms with Gasteiger partial charge >= 0.3 is 19.8 Å². The Bertz CT molecular complexity index is 1130. The van der Waals surface area contributed by atoms with E-state index in [0.717, 1.165) is 44.4 Å². The molecule has 0 radical (unpaired) electrons. The van der Waals surface area contributed by atoms with Crippen LogP contribution in [0.5, 0.6) is 0 Å². The lowest BCUT2D eigenvalue weighted by Gasteiger charge is -2.18. The number of unbranched alkanes of at least 4 members (excludes halogenated alkanes) is 17. The lowest BCUT2D eigenvalue weighted by Crippen LogP contribution is -2.29. The molecule has 0 unspecified atom stereocenters. The molecule has 326 valence electrons. The van der Waals surface area contributed by atoms with Crippen molar-refractivity contribution in [2.75, 3.05) is 13.2 Å². The third-order valence-corrected chi connectivity index (χ3v) is 11.0. The Morgan fingerprint density at radius 2 is 1.32 bits per heavy atom. The number of hydrogen-bond acceptors (Lipinski definition) is 9. The van der Waals surface area contributed by atoms with Crippen LogP contribution in [0.3, 0.4) is 0 Å². The monoisotopic (exact) mass is 815 g/mol. The SMILES string of the molecule is CCCCC[C@H](O)/C=C/[C@H]1C(=O)C[C@H](O)[C@@H]1C/C=C\CCCC(=O)O[C@H](COC(=O)CCCCCCCCCCCCCCCCCC(C)C)COP(=O)(O)O. The van der Waals surface area contributed by atoms with Crippen molar-refractivity contribution in [2.45, 2.75) is 206 Å². The molecule has 0 aromatic carbocycles. The van der Waals surface area contributed by atoms with E-state index in [0.29, 0.717) is 32.1 Å². The van der Waals surface area contributed by atoms with Gasteiger partial charge in [-0.15, -0.1) is 0 Å². The first kappa shape index (κ1) is 52.1. The van der Waals surface area contributed by atoms with Gasteiger partial charge in [0.05, 0.1) is 18.8 Å². The van der Waals surface area contributed by atoms with Crippen LogP contribution < -0.4 is 0 Å². The Morgan fingerprint density at radius 1 is 0.768 bits per heavy atom. The van der Waals surface area contributed by atoms with Gasteiger partial charge in [-0.05, 0) is 38.0 Å². The number of phosphoric ester groups is 1. The van der Waals surface area contributed by atoms with Crippen LogP contribution in [0.1, 0.15) is 188 Å². The molecule has 0 bridgehead atoms. The van der Waals surface area contributed by atoms with Gasteiger partial charge in [0.1, 0.15) is 12.4 Å². The van der Waals surface area contributed by atoms with E-state index in [1.54, 1.807) is 12.2 Å². The number of allylic oxidation sites excluding steroid dienone is 3. The van der Waals surface area contributed by atoms with E-state index in [1.165, 1.54) is 77.0 Å². The summed E-state index contributed by atoms with van der Waals surface area (Å²) in [6.45, 7) is 5.71. The number of hydrogen-bond donors (Lipinski definition) is 4. The maximum absolute atomic E-state index is 12.5. The molecule has 0 amide bonds. The fourth-order valence-corrected chi connectivity index (χ4v) is 7.49. The summed E-state index contributed by atoms with van der Waals surface area (Å²) in [6, 6.07) is 0. The molecule has 56 heavy (non-hydrogen) atoms. The number of ether oxygens (including phenoxy) is 2. The van der Waals surface area contributed by atoms with E-state index in [1.807, 2.05) is 12.2 Å². The number of ketones is 1. The molecule has 4 N–H and O–H groups in total. The summed E-state index contributed by atoms with van der Waals surface area (Å²) in [4.78, 5) is 55.6. The maximum Gasteiger partial charge on any atom is 0.469 e. The van der Waals surface area contributed by atoms with Gasteiger partial charge in [0.15, 0.2) is 6.10 Å². The van der Waals surface area contributed by atoms with Crippen LogP contribution in [0.2, 0.25) is 0 Å². The summed E-state index contributed by atoms with van der Waals surface area (Å²) >= 11 is 0. The molecule has 5 atom stereocenters. The maximum atomic E-state index is 12.5. The highest BCUT2D eigenvalue weighted by atomic mass is 31.2. The summed E-state index contributed by atoms with van der Waals surface area (Å²) in [6.07, 6.45) is 29.8. The van der Waals surface area contributed by atoms with Crippen molar-refractivity contribution in [3.8, 4) is 0 Å². The summed E-state index contributed by atoms with van der Waals surface area (Å²) < 4.78 is 26.4. The number of aliphatic hydroxyl groups excluding tert-OH is 2. The molecule has 11 nitrogen and oxygen atoms in total. The third kappa shape index (κ3) is 29.4. The van der Waals surface area contributed by atoms with Gasteiger partial charge in [-0.1, -0.05) is 161 Å². The Labute approximate surface area is 339 Å². The van der Waals surface area contributed by atoms with E-state index in [9.17, 15) is 29.2 Å². The van der Waals surface area contributed by atoms with Crippen molar-refractivity contribution in [2.24, 2.45) is 17.8 Å². The molecule has 0 heterocycles. The Balaban J connectivity index is 2.25. The number of phosphoric acid groups is 1. The number of carbonyl (C=O) groups excluding carboxylic acids is 3. The molecule has 1 fully saturated rings. The second-order valence-electron chi connectivity index (χ2n) is 16.3. The van der Waals surface area contributed by atoms with Gasteiger partial charge in [-0.3, -0.25) is 18.9 Å². The van der Waals surface area contributed by atoms with E-state index >= 15 is 0 Å². The van der Waals surface area contributed by atoms with Crippen LogP contribution in [0.15, 0.2) is 24.3 Å². The minimum Gasteiger partial charge on any atom is -0.462 e. The number of esters is 2. The highest BCUT2D eigenvalue weighted by Gasteiger charge is 2.39. The van der Waals surface area contributed by atoms with Gasteiger partial charge in [0.25, 0.3) is 0 Å². The van der Waals surface area contributed by atoms with Crippen molar-refractivity contribution < 1.29 is 52.9 Å². The summed E-state index contributed by atoms with van der Waals surface area (Å²) in [7, 11) is -4.83. The van der Waals surface area contributed by atoms with Gasteiger partial charge in [0.2, 0.25) is 0 Å². The molecular weight excluding hydrogens is 735 g/mol. The van der Waals surface area contributed by atoms with Crippen LogP contribution >= 0.6 is 7.82 Å². The normalized spacial score (nSPS) is 18.7. The van der Waals surface area contributed by atoms with Crippen LogP contribution in [0.25, 0.3) is 0 Å². The molecule has 1 saturated carbocycles. The first-order chi connectivity index (χ1) is 26.8. The summed E-state index contributed by atoms with van der Waals surface area (Å²) in [5.41, 5.74) is 0. The quantitative estimate of drug-likeness (QED) is 0.0205. The summed E-state index contributed by atoms with van der Waals surface area (Å²) in [5, 5.41) is 20.7. The smallest absolute Gasteiger partial charge is 0.462 e. The predicted molar refractivity (Wildman–Crippen MR) is 222 cm³/mol. The Morgan fingerprint density at radius 3 is 1.89 bits per heavy atom. The van der Waals surface area contributed by atoms with Gasteiger partial charge in [-0.2, -0.15) is 0 Å². The van der Waals surface area contributed by atoms with Crippen LogP contribution in [0, 0.1) is 17.8 Å². The standard InChI is InChI=1S/C44H79O11P/c1-4-5-21-27-37(45)31-32-40-39(41(46)33-42(40)47)28-23-19-20-25-30-44(49)55-38(35-54-56(50,51)52)34-53-43(48)29-24-18-16-14-12-10-8-6-7-9-11-13-15-17-22-26-36(2)3/h19,23,31-32,36-41,45-46H,4-18,20-22,24-30,33-35H2,1-3H3,(H2,50,51,52)/b23-19-,32-31+/t37-,38+,39+,40+,41-/m0/s1. The fourth-order valence-electron chi connectivity index (χ4n) is 7.13. The van der Waals surface area contributed by atoms with Gasteiger partial charge < -0.3 is 29.5 Å². The van der Waals surface area contributed by atoms with E-state index in [-0.39, 0.29) is 37.6 Å². The van der Waals surface area contributed by atoms with Gasteiger partial charge in [0, 0.05) is 31.1 Å². The predicted octanol–water partition coefficient (Wildman–Crippen LogP) is 10.0. The molecule has 12 heteroatoms. The van der Waals surface area contributed by atoms with Crippen molar-refractivity contribution >= 4 is 25.5 Å². The number of aliphatic hydroxyl groups is 2. The third-order valence-electron chi connectivity index (χ3n) is 10.5. The molecule has 1 aliphatic carbocycles. The van der Waals surface area contributed by atoms with Crippen molar-refractivity contribution in [1.82, 2.24) is 0 Å². The summed E-state index contributed by atoms with van der Waals surface area (Å²) in [5.74, 6) is -1.02. The first-order valence-corrected chi connectivity index (χ1v) is 23.6. The molecule has 0 aromatic heterocycles. The highest BCUT2D eigenvalue weighted by Crippen LogP contribution is 2.36. The number of rotatable bonds is 36. The topological polar surface area (TPSA) is 177 Å². The second kappa shape index (κ2) is 33.0. The van der Waals surface area contributed by atoms with Crippen molar-refractivity contribution in [1.29, 1.82) is 0 Å². The second-order valence-corrected chi connectivity index (χ2v) is 17.5. The Hall–Kier alpha value is -1.88. The molecule has 0 aromatic rings. The molecule has 1 aliphatic rings. The minimum absolute atomic E-state index is 0.0231. The Kier molecular flexibility index (Phi) is 30.7. The van der Waals surface area contributed by atoms with Crippen LogP contribution in [0.4, 0.5) is 0 Å². The lowest BCUT2D eigenvalue weighted by atomic mass is 9.90. The number of Topliss-reactive ketones (excluding diaryl/α,β-unsaturated/α-hetero) is 1. The zero-order valence-corrected chi connectivity index (χ0v) is 36.1. The van der Waals surface area contributed by atoms with Crippen LogP contribution in [-0.2, 0) is 32.9 Å². The highest BCUT2D eigenvalue weighted by molar-refractivity contribution is 7.46. The van der Waals surface area contributed by atoms with Crippen molar-refractivity contribution in [3.05, 3.63) is 24.3 Å². The lowest BCUT2D eigenvalue weighted by molar-refractivity contribution is -0.161.